The minimum absolute atomic E-state index is 0.0638. The molecule has 0 aromatic heterocycles. The van der Waals surface area contributed by atoms with Gasteiger partial charge in [-0.15, -0.1) is 0 Å². The Hall–Kier alpha value is -2.49. The average molecular weight is 315 g/mol. The number of hydrogen-bond donors (Lipinski definition) is 0. The van der Waals surface area contributed by atoms with Gasteiger partial charge in [0, 0.05) is 5.56 Å². The second kappa shape index (κ2) is 5.37. The Balaban J connectivity index is 2.57. The first-order valence-corrected chi connectivity index (χ1v) is 5.92. The predicted molar refractivity (Wildman–Crippen MR) is 66.6 cm³/mol. The van der Waals surface area contributed by atoms with E-state index in [2.05, 4.69) is 0 Å². The van der Waals surface area contributed by atoms with Crippen LogP contribution in [-0.4, -0.2) is 0 Å². The second-order valence-electron chi connectivity index (χ2n) is 4.41. The number of hydrogen-bond acceptors (Lipinski definition) is 1. The highest BCUT2D eigenvalue weighted by Crippen LogP contribution is 2.37. The molecule has 0 amide bonds. The first kappa shape index (κ1) is 15.9. The monoisotopic (exact) mass is 315 g/mol. The van der Waals surface area contributed by atoms with Crippen molar-refractivity contribution < 1.29 is 26.3 Å². The Morgan fingerprint density at radius 2 is 1.36 bits per heavy atom. The van der Waals surface area contributed by atoms with Gasteiger partial charge in [-0.2, -0.15) is 31.6 Å². The summed E-state index contributed by atoms with van der Waals surface area (Å²) in [6.45, 7) is 0. The molecule has 0 saturated heterocycles. The maximum atomic E-state index is 12.9. The van der Waals surface area contributed by atoms with Crippen LogP contribution in [0.3, 0.4) is 0 Å². The Bertz CT molecular complexity index is 720. The number of nitriles is 1. The highest BCUT2D eigenvalue weighted by molar-refractivity contribution is 5.72. The molecule has 2 rings (SSSR count). The lowest BCUT2D eigenvalue weighted by atomic mass is 9.95. The van der Waals surface area contributed by atoms with Crippen molar-refractivity contribution in [3.8, 4) is 17.2 Å². The van der Waals surface area contributed by atoms with Gasteiger partial charge in [0.25, 0.3) is 0 Å². The molecule has 22 heavy (non-hydrogen) atoms. The second-order valence-corrected chi connectivity index (χ2v) is 4.41. The minimum atomic E-state index is -4.72. The smallest absolute Gasteiger partial charge is 0.192 e. The van der Waals surface area contributed by atoms with Gasteiger partial charge in [0.05, 0.1) is 16.7 Å². The van der Waals surface area contributed by atoms with Crippen LogP contribution in [0.25, 0.3) is 11.1 Å². The number of nitrogens with zero attached hydrogens (tertiary/aromatic N) is 1. The molecular weight excluding hydrogens is 308 g/mol. The van der Waals surface area contributed by atoms with Gasteiger partial charge in [0.15, 0.2) is 0 Å². The number of rotatable bonds is 1. The van der Waals surface area contributed by atoms with E-state index in [0.717, 1.165) is 36.4 Å². The van der Waals surface area contributed by atoms with Gasteiger partial charge >= 0.3 is 12.4 Å². The standard InChI is InChI=1S/C15H7F6N/c16-14(17,18)10-6-4-9(5-7-10)11-2-1-3-13(12(11)8-22)15(19,20)21/h1-7H. The predicted octanol–water partition coefficient (Wildman–Crippen LogP) is 5.26. The van der Waals surface area contributed by atoms with Crippen molar-refractivity contribution >= 4 is 0 Å². The highest BCUT2D eigenvalue weighted by atomic mass is 19.4. The SMILES string of the molecule is N#Cc1c(-c2ccc(C(F)(F)F)cc2)cccc1C(F)(F)F. The van der Waals surface area contributed by atoms with Crippen LogP contribution >= 0.6 is 0 Å². The summed E-state index contributed by atoms with van der Waals surface area (Å²) in [5.74, 6) is 0. The van der Waals surface area contributed by atoms with E-state index < -0.39 is 29.0 Å². The van der Waals surface area contributed by atoms with E-state index in [9.17, 15) is 26.3 Å². The molecule has 0 aliphatic heterocycles. The third-order valence-corrected chi connectivity index (χ3v) is 3.00. The summed E-state index contributed by atoms with van der Waals surface area (Å²) in [5.41, 5.74) is -2.61. The summed E-state index contributed by atoms with van der Waals surface area (Å²) in [6, 6.07) is 8.20. The van der Waals surface area contributed by atoms with Gasteiger partial charge in [-0.3, -0.25) is 0 Å². The van der Waals surface area contributed by atoms with E-state index in [4.69, 9.17) is 5.26 Å². The topological polar surface area (TPSA) is 23.8 Å². The molecule has 0 heterocycles. The number of benzene rings is 2. The lowest BCUT2D eigenvalue weighted by Crippen LogP contribution is -2.08. The molecule has 0 fully saturated rings. The van der Waals surface area contributed by atoms with Crippen LogP contribution in [0.5, 0.6) is 0 Å². The zero-order valence-corrected chi connectivity index (χ0v) is 10.8. The molecule has 0 spiro atoms. The number of alkyl halides is 6. The molecule has 2 aromatic rings. The first-order valence-electron chi connectivity index (χ1n) is 5.92. The third kappa shape index (κ3) is 3.06. The quantitative estimate of drug-likeness (QED) is 0.658. The van der Waals surface area contributed by atoms with Crippen LogP contribution < -0.4 is 0 Å². The van der Waals surface area contributed by atoms with Crippen molar-refractivity contribution in [3.63, 3.8) is 0 Å². The largest absolute Gasteiger partial charge is 0.417 e. The molecule has 0 unspecified atom stereocenters. The van der Waals surface area contributed by atoms with Crippen LogP contribution in [0.1, 0.15) is 16.7 Å². The van der Waals surface area contributed by atoms with Crippen molar-refractivity contribution in [2.75, 3.05) is 0 Å². The molecule has 0 saturated carbocycles. The van der Waals surface area contributed by atoms with Gasteiger partial charge in [0.1, 0.15) is 6.07 Å². The summed E-state index contributed by atoms with van der Waals surface area (Å²) >= 11 is 0. The first-order chi connectivity index (χ1) is 10.1. The van der Waals surface area contributed by atoms with Crippen molar-refractivity contribution in [2.24, 2.45) is 0 Å². The van der Waals surface area contributed by atoms with Crippen molar-refractivity contribution in [2.45, 2.75) is 12.4 Å². The van der Waals surface area contributed by atoms with E-state index in [0.29, 0.717) is 0 Å². The minimum Gasteiger partial charge on any atom is -0.192 e. The van der Waals surface area contributed by atoms with Gasteiger partial charge in [0.2, 0.25) is 0 Å². The van der Waals surface area contributed by atoms with Crippen molar-refractivity contribution in [1.82, 2.24) is 0 Å². The lowest BCUT2D eigenvalue weighted by molar-refractivity contribution is -0.138. The van der Waals surface area contributed by atoms with Crippen LogP contribution in [0.2, 0.25) is 0 Å². The molecule has 0 aliphatic rings. The fourth-order valence-electron chi connectivity index (χ4n) is 1.99. The summed E-state index contributed by atoms with van der Waals surface area (Å²) < 4.78 is 76.0. The molecule has 1 nitrogen and oxygen atoms in total. The maximum Gasteiger partial charge on any atom is 0.417 e. The van der Waals surface area contributed by atoms with Crippen LogP contribution in [0.4, 0.5) is 26.3 Å². The van der Waals surface area contributed by atoms with Gasteiger partial charge in [-0.1, -0.05) is 24.3 Å². The van der Waals surface area contributed by atoms with Gasteiger partial charge in [-0.05, 0) is 23.8 Å². The Morgan fingerprint density at radius 3 is 1.82 bits per heavy atom. The fraction of sp³-hybridized carbons (Fsp3) is 0.133. The molecule has 0 aliphatic carbocycles. The van der Waals surface area contributed by atoms with Gasteiger partial charge < -0.3 is 0 Å². The molecule has 2 aromatic carbocycles. The molecule has 7 heteroatoms. The normalized spacial score (nSPS) is 12.0. The summed E-state index contributed by atoms with van der Waals surface area (Å²) in [5, 5.41) is 8.98. The number of halogens is 6. The van der Waals surface area contributed by atoms with E-state index in [1.54, 1.807) is 0 Å². The van der Waals surface area contributed by atoms with E-state index in [1.807, 2.05) is 0 Å². The summed E-state index contributed by atoms with van der Waals surface area (Å²) in [7, 11) is 0. The molecule has 0 radical (unpaired) electrons. The van der Waals surface area contributed by atoms with Crippen LogP contribution in [0.15, 0.2) is 42.5 Å². The molecule has 0 bridgehead atoms. The highest BCUT2D eigenvalue weighted by Gasteiger charge is 2.35. The Labute approximate surface area is 121 Å². The Kier molecular flexibility index (Phi) is 3.88. The summed E-state index contributed by atoms with van der Waals surface area (Å²) in [6.07, 6.45) is -9.25. The van der Waals surface area contributed by atoms with Crippen molar-refractivity contribution in [1.29, 1.82) is 5.26 Å². The zero-order valence-electron chi connectivity index (χ0n) is 10.8. The molecule has 0 atom stereocenters. The van der Waals surface area contributed by atoms with Gasteiger partial charge in [-0.25, -0.2) is 0 Å². The summed E-state index contributed by atoms with van der Waals surface area (Å²) in [4.78, 5) is 0. The van der Waals surface area contributed by atoms with Crippen LogP contribution in [0, 0.1) is 11.3 Å². The average Bonchev–Trinajstić information content (AvgIpc) is 2.44. The fourth-order valence-corrected chi connectivity index (χ4v) is 1.99. The van der Waals surface area contributed by atoms with E-state index in [-0.39, 0.29) is 11.1 Å². The molecular formula is C15H7F6N. The maximum absolute atomic E-state index is 12.9. The zero-order chi connectivity index (χ0) is 16.5. The van der Waals surface area contributed by atoms with E-state index >= 15 is 0 Å². The molecule has 0 N–H and O–H groups in total. The van der Waals surface area contributed by atoms with Crippen molar-refractivity contribution in [3.05, 3.63) is 59.2 Å². The molecule has 114 valence electrons. The van der Waals surface area contributed by atoms with E-state index in [1.165, 1.54) is 12.1 Å². The Morgan fingerprint density at radius 1 is 0.773 bits per heavy atom. The van der Waals surface area contributed by atoms with Crippen LogP contribution in [-0.2, 0) is 12.4 Å². The third-order valence-electron chi connectivity index (χ3n) is 3.00. The lowest BCUT2D eigenvalue weighted by Gasteiger charge is -2.13.